The lowest BCUT2D eigenvalue weighted by atomic mass is 9.82. The zero-order valence-electron chi connectivity index (χ0n) is 22.3. The van der Waals surface area contributed by atoms with Crippen LogP contribution in [0, 0.1) is 0 Å². The number of benzene rings is 5. The third-order valence-electron chi connectivity index (χ3n) is 9.60. The minimum Gasteiger partial charge on any atom is -0.454 e. The molecule has 0 amide bonds. The van der Waals surface area contributed by atoms with Crippen LogP contribution in [-0.2, 0) is 5.41 Å². The van der Waals surface area contributed by atoms with Crippen molar-refractivity contribution in [3.63, 3.8) is 0 Å². The Morgan fingerprint density at radius 2 is 1.29 bits per heavy atom. The fraction of sp³-hybridized carbons (Fsp3) is 0.0857. The Bertz CT molecular complexity index is 2780. The number of aromatic nitrogens is 5. The number of para-hydroxylation sites is 2. The second-order valence-electron chi connectivity index (χ2n) is 11.9. The maximum Gasteiger partial charge on any atom is 0.223 e. The van der Waals surface area contributed by atoms with Gasteiger partial charge in [-0.2, -0.15) is 0 Å². The molecule has 0 bridgehead atoms. The van der Waals surface area contributed by atoms with Crippen molar-refractivity contribution < 1.29 is 4.42 Å². The average Bonchev–Trinajstić information content (AvgIpc) is 3.80. The number of fused-ring (bicyclic) bond motifs is 18. The fourth-order valence-corrected chi connectivity index (χ4v) is 7.80. The Labute approximate surface area is 232 Å². The molecule has 41 heavy (non-hydrogen) atoms. The molecular formula is C35H21N5O. The van der Waals surface area contributed by atoms with Gasteiger partial charge in [-0.25, -0.2) is 14.4 Å². The van der Waals surface area contributed by atoms with E-state index in [0.717, 1.165) is 72.1 Å². The summed E-state index contributed by atoms with van der Waals surface area (Å²) >= 11 is 0. The topological polar surface area (TPSA) is 52.2 Å². The van der Waals surface area contributed by atoms with Gasteiger partial charge in [0.25, 0.3) is 0 Å². The molecule has 0 radical (unpaired) electrons. The van der Waals surface area contributed by atoms with E-state index in [2.05, 4.69) is 106 Å². The number of nitrogens with zero attached hydrogens (tertiary/aromatic N) is 5. The van der Waals surface area contributed by atoms with Gasteiger partial charge in [0.05, 0.1) is 27.6 Å². The molecule has 192 valence electrons. The second-order valence-corrected chi connectivity index (χ2v) is 11.9. The zero-order valence-corrected chi connectivity index (χ0v) is 22.3. The summed E-state index contributed by atoms with van der Waals surface area (Å²) in [5, 5.41) is 2.20. The van der Waals surface area contributed by atoms with E-state index in [1.165, 1.54) is 22.3 Å². The highest BCUT2D eigenvalue weighted by Gasteiger charge is 2.37. The predicted octanol–water partition coefficient (Wildman–Crippen LogP) is 8.34. The highest BCUT2D eigenvalue weighted by Crippen LogP contribution is 2.51. The molecule has 0 saturated carbocycles. The van der Waals surface area contributed by atoms with Gasteiger partial charge in [-0.3, -0.25) is 8.80 Å². The van der Waals surface area contributed by atoms with Crippen LogP contribution in [0.4, 0.5) is 0 Å². The van der Waals surface area contributed by atoms with Crippen LogP contribution in [0.5, 0.6) is 0 Å². The Balaban J connectivity index is 1.34. The van der Waals surface area contributed by atoms with Crippen LogP contribution in [0.2, 0.25) is 0 Å². The van der Waals surface area contributed by atoms with E-state index < -0.39 is 0 Å². The highest BCUT2D eigenvalue weighted by atomic mass is 16.3. The lowest BCUT2D eigenvalue weighted by molar-refractivity contribution is 0.661. The van der Waals surface area contributed by atoms with Gasteiger partial charge in [-0.1, -0.05) is 68.4 Å². The number of hydrogen-bond donors (Lipinski definition) is 0. The van der Waals surface area contributed by atoms with Crippen LogP contribution < -0.4 is 0 Å². The molecule has 0 saturated heterocycles. The lowest BCUT2D eigenvalue weighted by Crippen LogP contribution is -2.14. The van der Waals surface area contributed by atoms with Crippen molar-refractivity contribution in [2.45, 2.75) is 19.3 Å². The van der Waals surface area contributed by atoms with E-state index in [4.69, 9.17) is 14.4 Å². The van der Waals surface area contributed by atoms with E-state index in [1.54, 1.807) is 0 Å². The van der Waals surface area contributed by atoms with E-state index in [1.807, 2.05) is 12.1 Å². The largest absolute Gasteiger partial charge is 0.454 e. The summed E-state index contributed by atoms with van der Waals surface area (Å²) in [7, 11) is 0. The van der Waals surface area contributed by atoms with Crippen molar-refractivity contribution in [2.75, 3.05) is 0 Å². The normalized spacial score (nSPS) is 14.8. The van der Waals surface area contributed by atoms with Gasteiger partial charge in [-0.05, 0) is 53.1 Å². The van der Waals surface area contributed by atoms with Crippen molar-refractivity contribution in [1.29, 1.82) is 0 Å². The quantitative estimate of drug-likeness (QED) is 0.199. The lowest BCUT2D eigenvalue weighted by Gasteiger charge is -2.21. The molecule has 6 heteroatoms. The molecule has 0 spiro atoms. The van der Waals surface area contributed by atoms with Gasteiger partial charge in [-0.15, -0.1) is 0 Å². The summed E-state index contributed by atoms with van der Waals surface area (Å²) in [5.41, 5.74) is 14.3. The first-order chi connectivity index (χ1) is 20.1. The molecule has 10 aromatic rings. The third-order valence-corrected chi connectivity index (χ3v) is 9.60. The SMILES string of the molecule is CC1(C)c2ccccc2-c2c1ccc1c2nc2n1c1cccc3c1n2c1nc2c4oc5ccccc5c4ccc2n31. The molecule has 6 nitrogen and oxygen atoms in total. The number of furan rings is 1. The van der Waals surface area contributed by atoms with Gasteiger partial charge in [0, 0.05) is 21.8 Å². The molecule has 0 atom stereocenters. The van der Waals surface area contributed by atoms with Crippen molar-refractivity contribution in [3.05, 3.63) is 102 Å². The van der Waals surface area contributed by atoms with Gasteiger partial charge in [0.1, 0.15) is 16.6 Å². The summed E-state index contributed by atoms with van der Waals surface area (Å²) in [6.07, 6.45) is 0. The predicted molar refractivity (Wildman–Crippen MR) is 163 cm³/mol. The van der Waals surface area contributed by atoms with Crippen LogP contribution in [-0.4, -0.2) is 23.2 Å². The number of imidazole rings is 4. The van der Waals surface area contributed by atoms with Gasteiger partial charge < -0.3 is 4.42 Å². The van der Waals surface area contributed by atoms with Gasteiger partial charge in [0.15, 0.2) is 5.58 Å². The smallest absolute Gasteiger partial charge is 0.223 e. The zero-order chi connectivity index (χ0) is 26.8. The average molecular weight is 528 g/mol. The Kier molecular flexibility index (Phi) is 3.17. The Hall–Kier alpha value is -5.36. The summed E-state index contributed by atoms with van der Waals surface area (Å²) in [5.74, 6) is 1.73. The van der Waals surface area contributed by atoms with Gasteiger partial charge in [0.2, 0.25) is 11.6 Å². The molecule has 0 N–H and O–H groups in total. The van der Waals surface area contributed by atoms with E-state index in [9.17, 15) is 0 Å². The van der Waals surface area contributed by atoms with E-state index in [-0.39, 0.29) is 5.41 Å². The minimum absolute atomic E-state index is 0.0706. The molecular weight excluding hydrogens is 506 g/mol. The van der Waals surface area contributed by atoms with Crippen LogP contribution in [0.15, 0.2) is 95.4 Å². The van der Waals surface area contributed by atoms with Crippen LogP contribution in [0.3, 0.4) is 0 Å². The van der Waals surface area contributed by atoms with Crippen molar-refractivity contribution in [3.8, 4) is 11.1 Å². The second kappa shape index (κ2) is 6.34. The summed E-state index contributed by atoms with van der Waals surface area (Å²) < 4.78 is 13.2. The summed E-state index contributed by atoms with van der Waals surface area (Å²) in [6.45, 7) is 4.63. The molecule has 1 aliphatic carbocycles. The molecule has 0 fully saturated rings. The molecule has 11 rings (SSSR count). The van der Waals surface area contributed by atoms with E-state index in [0.29, 0.717) is 0 Å². The Morgan fingerprint density at radius 1 is 0.585 bits per heavy atom. The monoisotopic (exact) mass is 527 g/mol. The highest BCUT2D eigenvalue weighted by molar-refractivity contribution is 6.15. The van der Waals surface area contributed by atoms with Crippen molar-refractivity contribution >= 4 is 72.1 Å². The summed E-state index contributed by atoms with van der Waals surface area (Å²) in [4.78, 5) is 10.7. The van der Waals surface area contributed by atoms with Gasteiger partial charge >= 0.3 is 0 Å². The molecule has 5 aromatic carbocycles. The fourth-order valence-electron chi connectivity index (χ4n) is 7.80. The number of rotatable bonds is 0. The summed E-state index contributed by atoms with van der Waals surface area (Å²) in [6, 6.07) is 32.4. The van der Waals surface area contributed by atoms with Crippen LogP contribution >= 0.6 is 0 Å². The molecule has 0 unspecified atom stereocenters. The van der Waals surface area contributed by atoms with Crippen LogP contribution in [0.25, 0.3) is 83.2 Å². The van der Waals surface area contributed by atoms with Crippen molar-refractivity contribution in [1.82, 2.24) is 23.2 Å². The maximum atomic E-state index is 6.38. The third kappa shape index (κ3) is 2.10. The molecule has 5 aromatic heterocycles. The van der Waals surface area contributed by atoms with Crippen LogP contribution in [0.1, 0.15) is 25.0 Å². The Morgan fingerprint density at radius 3 is 2.15 bits per heavy atom. The number of hydrogen-bond acceptors (Lipinski definition) is 3. The molecule has 0 aliphatic heterocycles. The maximum absolute atomic E-state index is 6.38. The minimum atomic E-state index is -0.0706. The molecule has 5 heterocycles. The first kappa shape index (κ1) is 20.5. The standard InChI is InChI=1S/C35H21N5O/c1-35(2)21-10-5-3-9-20(21)28-22(35)15-17-23-29(28)36-33-38(23)25-11-7-12-26-31(25)40(33)34-37-30-24(39(26)34)16-14-19-18-8-4-6-13-27(18)41-32(19)30/h3-17H,1-2H3. The first-order valence-electron chi connectivity index (χ1n) is 14.0. The molecule has 1 aliphatic rings. The van der Waals surface area contributed by atoms with Crippen molar-refractivity contribution in [2.24, 2.45) is 0 Å². The first-order valence-corrected chi connectivity index (χ1v) is 14.0. The van der Waals surface area contributed by atoms with E-state index >= 15 is 0 Å².